The van der Waals surface area contributed by atoms with E-state index in [0.717, 1.165) is 24.3 Å². The van der Waals surface area contributed by atoms with Gasteiger partial charge in [0.2, 0.25) is 5.76 Å². The van der Waals surface area contributed by atoms with Crippen LogP contribution in [-0.4, -0.2) is 19.5 Å². The van der Waals surface area contributed by atoms with Crippen LogP contribution in [0, 0.1) is 18.6 Å². The lowest BCUT2D eigenvalue weighted by atomic mass is 10.3. The van der Waals surface area contributed by atoms with Crippen LogP contribution in [0.25, 0.3) is 0 Å². The molecule has 0 unspecified atom stereocenters. The van der Waals surface area contributed by atoms with Crippen LogP contribution in [0.5, 0.6) is 0 Å². The molecule has 2 rings (SSSR count). The summed E-state index contributed by atoms with van der Waals surface area (Å²) >= 11 is 0. The molecule has 0 aliphatic carbocycles. The molecule has 0 fully saturated rings. The molecule has 2 N–H and O–H groups in total. The molecule has 0 saturated carbocycles. The van der Waals surface area contributed by atoms with Gasteiger partial charge in [-0.1, -0.05) is 6.07 Å². The molecule has 1 aromatic heterocycles. The van der Waals surface area contributed by atoms with E-state index in [-0.39, 0.29) is 5.76 Å². The van der Waals surface area contributed by atoms with Gasteiger partial charge < -0.3 is 9.52 Å². The fourth-order valence-corrected chi connectivity index (χ4v) is 2.86. The Morgan fingerprint density at radius 3 is 2.57 bits per heavy atom. The molecule has 21 heavy (non-hydrogen) atoms. The zero-order valence-electron chi connectivity index (χ0n) is 10.6. The van der Waals surface area contributed by atoms with Gasteiger partial charge in [-0.3, -0.25) is 4.72 Å². The zero-order chi connectivity index (χ0) is 15.8. The lowest BCUT2D eigenvalue weighted by molar-refractivity contribution is 0.0661. The first-order chi connectivity index (χ1) is 9.72. The van der Waals surface area contributed by atoms with E-state index in [9.17, 15) is 22.0 Å². The largest absolute Gasteiger partial charge is 0.475 e. The SMILES string of the molecule is Cc1oc(C(=O)O)cc1S(=O)(=O)Nc1cccc(F)c1F. The maximum Gasteiger partial charge on any atom is 0.371 e. The fraction of sp³-hybridized carbons (Fsp3) is 0.0833. The Hall–Kier alpha value is -2.42. The van der Waals surface area contributed by atoms with Crippen LogP contribution < -0.4 is 4.72 Å². The molecule has 1 heterocycles. The van der Waals surface area contributed by atoms with E-state index in [1.807, 2.05) is 4.72 Å². The Morgan fingerprint density at radius 2 is 2.00 bits per heavy atom. The molecule has 0 atom stereocenters. The molecule has 0 radical (unpaired) electrons. The Bertz CT molecular complexity index is 813. The van der Waals surface area contributed by atoms with Gasteiger partial charge in [-0.05, 0) is 19.1 Å². The minimum absolute atomic E-state index is 0.184. The number of furan rings is 1. The van der Waals surface area contributed by atoms with Crippen LogP contribution in [0.15, 0.2) is 33.6 Å². The molecule has 0 aliphatic heterocycles. The minimum atomic E-state index is -4.31. The van der Waals surface area contributed by atoms with Crippen molar-refractivity contribution < 1.29 is 31.5 Å². The summed E-state index contributed by atoms with van der Waals surface area (Å²) in [4.78, 5) is 10.3. The van der Waals surface area contributed by atoms with Gasteiger partial charge in [0.15, 0.2) is 11.6 Å². The Balaban J connectivity index is 2.43. The van der Waals surface area contributed by atoms with E-state index < -0.39 is 44.0 Å². The van der Waals surface area contributed by atoms with E-state index in [4.69, 9.17) is 9.52 Å². The average Bonchev–Trinajstić information content (AvgIpc) is 2.78. The van der Waals surface area contributed by atoms with Crippen LogP contribution in [-0.2, 0) is 10.0 Å². The lowest BCUT2D eigenvalue weighted by Gasteiger charge is -2.08. The molecule has 0 aliphatic rings. The number of rotatable bonds is 4. The maximum absolute atomic E-state index is 13.5. The predicted molar refractivity (Wildman–Crippen MR) is 67.6 cm³/mol. The number of sulfonamides is 1. The number of carboxylic acid groups (broad SMARTS) is 1. The van der Waals surface area contributed by atoms with Gasteiger partial charge in [0.1, 0.15) is 10.7 Å². The molecular weight excluding hydrogens is 308 g/mol. The highest BCUT2D eigenvalue weighted by atomic mass is 32.2. The summed E-state index contributed by atoms with van der Waals surface area (Å²) in [6.45, 7) is 1.24. The van der Waals surface area contributed by atoms with Gasteiger partial charge in [-0.25, -0.2) is 22.0 Å². The molecule has 6 nitrogen and oxygen atoms in total. The van der Waals surface area contributed by atoms with E-state index in [1.165, 1.54) is 6.92 Å². The summed E-state index contributed by atoms with van der Waals surface area (Å²) in [5.41, 5.74) is -0.590. The molecule has 9 heteroatoms. The first-order valence-electron chi connectivity index (χ1n) is 5.53. The number of nitrogens with one attached hydrogen (secondary N) is 1. The van der Waals surface area contributed by atoms with Gasteiger partial charge in [-0.15, -0.1) is 0 Å². The van der Waals surface area contributed by atoms with Crippen LogP contribution in [0.4, 0.5) is 14.5 Å². The smallest absolute Gasteiger partial charge is 0.371 e. The van der Waals surface area contributed by atoms with Gasteiger partial charge >= 0.3 is 5.97 Å². The first kappa shape index (κ1) is 15.0. The van der Waals surface area contributed by atoms with Crippen molar-refractivity contribution in [3.05, 3.63) is 47.4 Å². The van der Waals surface area contributed by atoms with Gasteiger partial charge in [-0.2, -0.15) is 0 Å². The Labute approximate surface area is 118 Å². The summed E-state index contributed by atoms with van der Waals surface area (Å²) in [6.07, 6.45) is 0. The van der Waals surface area contributed by atoms with Gasteiger partial charge in [0.05, 0.1) is 5.69 Å². The number of carbonyl (C=O) groups is 1. The van der Waals surface area contributed by atoms with E-state index >= 15 is 0 Å². The number of aryl methyl sites for hydroxylation is 1. The zero-order valence-corrected chi connectivity index (χ0v) is 11.4. The highest BCUT2D eigenvalue weighted by molar-refractivity contribution is 7.92. The number of anilines is 1. The number of benzene rings is 1. The first-order valence-corrected chi connectivity index (χ1v) is 7.01. The standard InChI is InChI=1S/C12H9F2NO5S/c1-6-10(5-9(20-6)12(16)17)21(18,19)15-8-4-2-3-7(13)11(8)14/h2-5,15H,1H3,(H,16,17). The van der Waals surface area contributed by atoms with E-state index in [1.54, 1.807) is 0 Å². The van der Waals surface area contributed by atoms with Crippen molar-refractivity contribution in [2.24, 2.45) is 0 Å². The quantitative estimate of drug-likeness (QED) is 0.902. The summed E-state index contributed by atoms with van der Waals surface area (Å²) in [5.74, 6) is -4.79. The number of halogens is 2. The predicted octanol–water partition coefficient (Wildman–Crippen LogP) is 2.37. The average molecular weight is 317 g/mol. The second-order valence-corrected chi connectivity index (χ2v) is 5.69. The Kier molecular flexibility index (Phi) is 3.69. The summed E-state index contributed by atoms with van der Waals surface area (Å²) in [5, 5.41) is 8.74. The lowest BCUT2D eigenvalue weighted by Crippen LogP contribution is -2.14. The van der Waals surface area contributed by atoms with Crippen molar-refractivity contribution in [2.45, 2.75) is 11.8 Å². The van der Waals surface area contributed by atoms with Crippen molar-refractivity contribution in [1.29, 1.82) is 0 Å². The monoisotopic (exact) mass is 317 g/mol. The van der Waals surface area contributed by atoms with E-state index in [0.29, 0.717) is 0 Å². The van der Waals surface area contributed by atoms with Crippen molar-refractivity contribution in [3.8, 4) is 0 Å². The molecule has 1 aromatic carbocycles. The van der Waals surface area contributed by atoms with Crippen molar-refractivity contribution in [2.75, 3.05) is 4.72 Å². The second kappa shape index (κ2) is 5.17. The topological polar surface area (TPSA) is 96.6 Å². The highest BCUT2D eigenvalue weighted by Crippen LogP contribution is 2.25. The second-order valence-electron chi connectivity index (χ2n) is 4.04. The van der Waals surface area contributed by atoms with Gasteiger partial charge in [0.25, 0.3) is 10.0 Å². The molecule has 0 amide bonds. The summed E-state index contributed by atoms with van der Waals surface area (Å²) in [7, 11) is -4.31. The van der Waals surface area contributed by atoms with E-state index in [2.05, 4.69) is 0 Å². The third kappa shape index (κ3) is 2.87. The molecule has 2 aromatic rings. The molecule has 112 valence electrons. The number of hydrogen-bond acceptors (Lipinski definition) is 4. The van der Waals surface area contributed by atoms with Crippen LogP contribution in [0.1, 0.15) is 16.3 Å². The number of aromatic carboxylic acids is 1. The number of carboxylic acids is 1. The molecule has 0 saturated heterocycles. The Morgan fingerprint density at radius 1 is 1.33 bits per heavy atom. The van der Waals surface area contributed by atoms with Crippen molar-refractivity contribution in [3.63, 3.8) is 0 Å². The van der Waals surface area contributed by atoms with Crippen molar-refractivity contribution >= 4 is 21.7 Å². The van der Waals surface area contributed by atoms with Crippen LogP contribution >= 0.6 is 0 Å². The van der Waals surface area contributed by atoms with Crippen molar-refractivity contribution in [1.82, 2.24) is 0 Å². The minimum Gasteiger partial charge on any atom is -0.475 e. The maximum atomic E-state index is 13.5. The molecule has 0 bridgehead atoms. The summed E-state index contributed by atoms with van der Waals surface area (Å²) in [6, 6.07) is 3.78. The number of hydrogen-bond donors (Lipinski definition) is 2. The van der Waals surface area contributed by atoms with Gasteiger partial charge in [0, 0.05) is 6.07 Å². The summed E-state index contributed by atoms with van der Waals surface area (Å²) < 4.78 is 57.2. The normalized spacial score (nSPS) is 11.4. The third-order valence-corrected chi connectivity index (χ3v) is 4.04. The van der Waals surface area contributed by atoms with Crippen LogP contribution in [0.2, 0.25) is 0 Å². The third-order valence-electron chi connectivity index (χ3n) is 2.57. The molecular formula is C12H9F2NO5S. The fourth-order valence-electron chi connectivity index (χ4n) is 1.62. The van der Waals surface area contributed by atoms with Crippen LogP contribution in [0.3, 0.4) is 0 Å². The highest BCUT2D eigenvalue weighted by Gasteiger charge is 2.25. The molecule has 0 spiro atoms.